The van der Waals surface area contributed by atoms with Crippen LogP contribution in [0, 0.1) is 2.88 Å². The van der Waals surface area contributed by atoms with E-state index in [4.69, 9.17) is 4.42 Å². The molecule has 0 radical (unpaired) electrons. The van der Waals surface area contributed by atoms with Crippen LogP contribution >= 0.6 is 33.9 Å². The van der Waals surface area contributed by atoms with E-state index in [0.717, 1.165) is 17.2 Å². The fourth-order valence-corrected chi connectivity index (χ4v) is 2.59. The van der Waals surface area contributed by atoms with E-state index in [1.165, 1.54) is 2.88 Å². The van der Waals surface area contributed by atoms with Crippen molar-refractivity contribution in [3.8, 4) is 11.3 Å². The molecule has 0 amide bonds. The van der Waals surface area contributed by atoms with Crippen molar-refractivity contribution in [3.63, 3.8) is 0 Å². The summed E-state index contributed by atoms with van der Waals surface area (Å²) in [6.45, 7) is 4.88. The maximum Gasteiger partial charge on any atom is 0.208 e. The number of halogens is 1. The Morgan fingerprint density at radius 3 is 3.00 bits per heavy atom. The molecule has 0 aliphatic carbocycles. The molecule has 16 heavy (non-hydrogen) atoms. The molecule has 0 aliphatic rings. The van der Waals surface area contributed by atoms with Gasteiger partial charge >= 0.3 is 0 Å². The van der Waals surface area contributed by atoms with Crippen LogP contribution in [-0.4, -0.2) is 11.0 Å². The number of aromatic nitrogens is 1. The fourth-order valence-electron chi connectivity index (χ4n) is 1.26. The van der Waals surface area contributed by atoms with Crippen LogP contribution in [0.4, 0.5) is 0 Å². The van der Waals surface area contributed by atoms with Gasteiger partial charge in [0.05, 0.1) is 15.6 Å². The molecule has 0 unspecified atom stereocenters. The number of oxazole rings is 1. The quantitative estimate of drug-likeness (QED) is 0.860. The van der Waals surface area contributed by atoms with Gasteiger partial charge in [0.15, 0.2) is 5.76 Å². The van der Waals surface area contributed by atoms with Gasteiger partial charge < -0.3 is 9.73 Å². The van der Waals surface area contributed by atoms with Crippen LogP contribution in [0.15, 0.2) is 22.1 Å². The Kier molecular flexibility index (Phi) is 3.99. The van der Waals surface area contributed by atoms with E-state index in [-0.39, 0.29) is 0 Å². The minimum absolute atomic E-state index is 0.442. The van der Waals surface area contributed by atoms with Gasteiger partial charge in [-0.2, -0.15) is 0 Å². The molecule has 0 spiro atoms. The van der Waals surface area contributed by atoms with Crippen LogP contribution in [0.1, 0.15) is 19.7 Å². The standard InChI is InChI=1S/C11H13IN2OS/c1-7(2)13-5-11-14-4-9(15-11)8-3-10(12)16-6-8/h3-4,6-7,13H,5H2,1-2H3. The summed E-state index contributed by atoms with van der Waals surface area (Å²) in [5.74, 6) is 1.59. The van der Waals surface area contributed by atoms with E-state index in [0.29, 0.717) is 12.6 Å². The van der Waals surface area contributed by atoms with Crippen molar-refractivity contribution in [2.24, 2.45) is 0 Å². The molecule has 0 atom stereocenters. The lowest BCUT2D eigenvalue weighted by atomic mass is 10.3. The Balaban J connectivity index is 2.07. The molecular weight excluding hydrogens is 335 g/mol. The van der Waals surface area contributed by atoms with Crippen molar-refractivity contribution in [1.29, 1.82) is 0 Å². The highest BCUT2D eigenvalue weighted by Gasteiger charge is 2.08. The highest BCUT2D eigenvalue weighted by atomic mass is 127. The fraction of sp³-hybridized carbons (Fsp3) is 0.364. The first kappa shape index (κ1) is 12.1. The van der Waals surface area contributed by atoms with Gasteiger partial charge in [0.25, 0.3) is 0 Å². The maximum atomic E-state index is 5.66. The Labute approximate surface area is 112 Å². The van der Waals surface area contributed by atoms with Crippen molar-refractivity contribution < 1.29 is 4.42 Å². The second kappa shape index (κ2) is 5.29. The summed E-state index contributed by atoms with van der Waals surface area (Å²) < 4.78 is 6.92. The normalized spacial score (nSPS) is 11.2. The largest absolute Gasteiger partial charge is 0.439 e. The molecule has 0 bridgehead atoms. The molecule has 2 aromatic heterocycles. The molecule has 5 heteroatoms. The average molecular weight is 348 g/mol. The molecule has 1 N–H and O–H groups in total. The Morgan fingerprint density at radius 1 is 1.56 bits per heavy atom. The first-order chi connectivity index (χ1) is 7.65. The molecule has 2 aromatic rings. The Bertz CT molecular complexity index is 464. The van der Waals surface area contributed by atoms with Gasteiger partial charge in [-0.1, -0.05) is 13.8 Å². The monoisotopic (exact) mass is 348 g/mol. The van der Waals surface area contributed by atoms with Crippen molar-refractivity contribution in [2.75, 3.05) is 0 Å². The highest BCUT2D eigenvalue weighted by Crippen LogP contribution is 2.26. The number of hydrogen-bond donors (Lipinski definition) is 1. The molecule has 0 saturated carbocycles. The summed E-state index contributed by atoms with van der Waals surface area (Å²) in [7, 11) is 0. The lowest BCUT2D eigenvalue weighted by Gasteiger charge is -2.03. The minimum Gasteiger partial charge on any atom is -0.439 e. The smallest absolute Gasteiger partial charge is 0.208 e. The first-order valence-corrected chi connectivity index (χ1v) is 7.03. The summed E-state index contributed by atoms with van der Waals surface area (Å²) in [4.78, 5) is 4.25. The minimum atomic E-state index is 0.442. The molecule has 2 rings (SSSR count). The predicted molar refractivity (Wildman–Crippen MR) is 74.5 cm³/mol. The Hall–Kier alpha value is -0.400. The zero-order valence-electron chi connectivity index (χ0n) is 9.16. The highest BCUT2D eigenvalue weighted by molar-refractivity contribution is 14.1. The van der Waals surface area contributed by atoms with Crippen LogP contribution in [0.25, 0.3) is 11.3 Å². The Morgan fingerprint density at radius 2 is 2.38 bits per heavy atom. The van der Waals surface area contributed by atoms with E-state index in [9.17, 15) is 0 Å². The van der Waals surface area contributed by atoms with Gasteiger partial charge in [-0.25, -0.2) is 4.98 Å². The van der Waals surface area contributed by atoms with Crippen molar-refractivity contribution in [2.45, 2.75) is 26.4 Å². The predicted octanol–water partition coefficient (Wildman–Crippen LogP) is 3.51. The van der Waals surface area contributed by atoms with Crippen molar-refractivity contribution >= 4 is 33.9 Å². The number of nitrogens with one attached hydrogen (secondary N) is 1. The second-order valence-corrected chi connectivity index (χ2v) is 6.60. The number of nitrogens with zero attached hydrogens (tertiary/aromatic N) is 1. The zero-order chi connectivity index (χ0) is 11.5. The van der Waals surface area contributed by atoms with Crippen molar-refractivity contribution in [3.05, 3.63) is 26.4 Å². The van der Waals surface area contributed by atoms with Crippen molar-refractivity contribution in [1.82, 2.24) is 10.3 Å². The lowest BCUT2D eigenvalue weighted by molar-refractivity contribution is 0.459. The third-order valence-electron chi connectivity index (χ3n) is 2.07. The first-order valence-electron chi connectivity index (χ1n) is 5.07. The topological polar surface area (TPSA) is 38.1 Å². The third-order valence-corrected chi connectivity index (χ3v) is 3.86. The molecule has 86 valence electrons. The van der Waals surface area contributed by atoms with E-state index >= 15 is 0 Å². The molecule has 0 aliphatic heterocycles. The lowest BCUT2D eigenvalue weighted by Crippen LogP contribution is -2.21. The van der Waals surface area contributed by atoms with Crippen LogP contribution in [-0.2, 0) is 6.54 Å². The maximum absolute atomic E-state index is 5.66. The number of rotatable bonds is 4. The molecule has 0 fully saturated rings. The molecular formula is C11H13IN2OS. The van der Waals surface area contributed by atoms with Gasteiger partial charge in [-0.15, -0.1) is 11.3 Å². The van der Waals surface area contributed by atoms with E-state index < -0.39 is 0 Å². The summed E-state index contributed by atoms with van der Waals surface area (Å²) in [6.07, 6.45) is 1.79. The summed E-state index contributed by atoms with van der Waals surface area (Å²) in [5.41, 5.74) is 1.11. The summed E-state index contributed by atoms with van der Waals surface area (Å²) >= 11 is 4.01. The summed E-state index contributed by atoms with van der Waals surface area (Å²) in [6, 6.07) is 2.54. The molecule has 2 heterocycles. The number of thiophene rings is 1. The van der Waals surface area contributed by atoms with Crippen LogP contribution < -0.4 is 5.32 Å². The van der Waals surface area contributed by atoms with Gasteiger partial charge in [0.2, 0.25) is 5.89 Å². The second-order valence-electron chi connectivity index (χ2n) is 3.79. The van der Waals surface area contributed by atoms with Crippen LogP contribution in [0.2, 0.25) is 0 Å². The van der Waals surface area contributed by atoms with Crippen LogP contribution in [0.5, 0.6) is 0 Å². The zero-order valence-corrected chi connectivity index (χ0v) is 12.1. The molecule has 0 saturated heterocycles. The van der Waals surface area contributed by atoms with Gasteiger partial charge in [0.1, 0.15) is 0 Å². The van der Waals surface area contributed by atoms with Gasteiger partial charge in [0, 0.05) is 17.0 Å². The van der Waals surface area contributed by atoms with Gasteiger partial charge in [-0.3, -0.25) is 0 Å². The molecule has 3 nitrogen and oxygen atoms in total. The number of hydrogen-bond acceptors (Lipinski definition) is 4. The SMILES string of the molecule is CC(C)NCc1ncc(-c2csc(I)c2)o1. The van der Waals surface area contributed by atoms with E-state index in [2.05, 4.69) is 58.2 Å². The van der Waals surface area contributed by atoms with E-state index in [1.54, 1.807) is 17.5 Å². The van der Waals surface area contributed by atoms with E-state index in [1.807, 2.05) is 0 Å². The summed E-state index contributed by atoms with van der Waals surface area (Å²) in [5, 5.41) is 5.36. The van der Waals surface area contributed by atoms with Crippen LogP contribution in [0.3, 0.4) is 0 Å². The third kappa shape index (κ3) is 3.05. The average Bonchev–Trinajstić information content (AvgIpc) is 2.83. The molecule has 0 aromatic carbocycles. The van der Waals surface area contributed by atoms with Gasteiger partial charge in [-0.05, 0) is 28.7 Å².